The maximum atomic E-state index is 6.26. The first-order valence-corrected chi connectivity index (χ1v) is 8.00. The molecule has 0 N–H and O–H groups in total. The maximum absolute atomic E-state index is 6.26. The largest absolute Gasteiger partial charge is 0.258 e. The van der Waals surface area contributed by atoms with Crippen LogP contribution in [0.3, 0.4) is 0 Å². The molecule has 0 amide bonds. The van der Waals surface area contributed by atoms with E-state index in [0.29, 0.717) is 16.9 Å². The van der Waals surface area contributed by atoms with E-state index in [0.717, 1.165) is 32.6 Å². The summed E-state index contributed by atoms with van der Waals surface area (Å²) in [5.74, 6) is 1.21. The molecule has 0 fully saturated rings. The van der Waals surface area contributed by atoms with Gasteiger partial charge in [-0.3, -0.25) is 4.98 Å². The second-order valence-corrected chi connectivity index (χ2v) is 6.77. The van der Waals surface area contributed by atoms with E-state index in [1.165, 1.54) is 0 Å². The minimum absolute atomic E-state index is 0.526. The highest BCUT2D eigenvalue weighted by molar-refractivity contribution is 14.1. The molecule has 2 rings (SSSR count). The first-order chi connectivity index (χ1) is 9.36. The minimum atomic E-state index is 0.526. The van der Waals surface area contributed by atoms with Crippen LogP contribution in [0.25, 0.3) is 11.4 Å². The normalized spacial score (nSPS) is 11.2. The van der Waals surface area contributed by atoms with E-state index >= 15 is 0 Å². The fourth-order valence-electron chi connectivity index (χ4n) is 2.08. The van der Waals surface area contributed by atoms with Crippen LogP contribution in [-0.4, -0.2) is 15.0 Å². The Kier molecular flexibility index (Phi) is 4.96. The van der Waals surface area contributed by atoms with Crippen molar-refractivity contribution in [2.24, 2.45) is 5.92 Å². The van der Waals surface area contributed by atoms with Crippen molar-refractivity contribution in [1.29, 1.82) is 0 Å². The highest BCUT2D eigenvalue weighted by atomic mass is 127. The molecule has 0 radical (unpaired) electrons. The highest BCUT2D eigenvalue weighted by Gasteiger charge is 2.13. The predicted molar refractivity (Wildman–Crippen MR) is 91.0 cm³/mol. The Balaban J connectivity index is 2.54. The van der Waals surface area contributed by atoms with Crippen molar-refractivity contribution >= 4 is 34.2 Å². The lowest BCUT2D eigenvalue weighted by Gasteiger charge is -2.11. The van der Waals surface area contributed by atoms with Gasteiger partial charge in [0.25, 0.3) is 0 Å². The van der Waals surface area contributed by atoms with Crippen molar-refractivity contribution in [2.75, 3.05) is 0 Å². The molecule has 106 valence electrons. The van der Waals surface area contributed by atoms with Crippen molar-refractivity contribution < 1.29 is 0 Å². The molecule has 0 aliphatic heterocycles. The van der Waals surface area contributed by atoms with Crippen LogP contribution in [-0.2, 0) is 6.42 Å². The lowest BCUT2D eigenvalue weighted by molar-refractivity contribution is 0.632. The minimum Gasteiger partial charge on any atom is -0.258 e. The SMILES string of the molecule is Cc1cc(-c2nc(Cl)c(I)c(CC(C)C)n2)cc(C)n1. The number of nitrogens with zero attached hydrogens (tertiary/aromatic N) is 3. The molecule has 0 aromatic carbocycles. The van der Waals surface area contributed by atoms with E-state index in [1.54, 1.807) is 0 Å². The predicted octanol–water partition coefficient (Wildman–Crippen LogP) is 4.61. The van der Waals surface area contributed by atoms with Crippen LogP contribution in [0.15, 0.2) is 12.1 Å². The lowest BCUT2D eigenvalue weighted by Crippen LogP contribution is -2.05. The van der Waals surface area contributed by atoms with Gasteiger partial charge < -0.3 is 0 Å². The van der Waals surface area contributed by atoms with Gasteiger partial charge >= 0.3 is 0 Å². The van der Waals surface area contributed by atoms with E-state index in [2.05, 4.69) is 46.4 Å². The van der Waals surface area contributed by atoms with Crippen molar-refractivity contribution in [2.45, 2.75) is 34.1 Å². The second kappa shape index (κ2) is 6.35. The Morgan fingerprint density at radius 2 is 1.70 bits per heavy atom. The first kappa shape index (κ1) is 15.6. The number of halogens is 2. The number of hydrogen-bond donors (Lipinski definition) is 0. The summed E-state index contributed by atoms with van der Waals surface area (Å²) in [6.07, 6.45) is 0.899. The van der Waals surface area contributed by atoms with Crippen LogP contribution < -0.4 is 0 Å². The quantitative estimate of drug-likeness (QED) is 0.557. The second-order valence-electron chi connectivity index (χ2n) is 5.34. The number of aromatic nitrogens is 3. The summed E-state index contributed by atoms with van der Waals surface area (Å²) in [7, 11) is 0. The third-order valence-corrected chi connectivity index (χ3v) is 4.55. The Labute approximate surface area is 138 Å². The van der Waals surface area contributed by atoms with E-state index < -0.39 is 0 Å². The van der Waals surface area contributed by atoms with Crippen LogP contribution >= 0.6 is 34.2 Å². The molecule has 0 unspecified atom stereocenters. The third kappa shape index (κ3) is 3.67. The summed E-state index contributed by atoms with van der Waals surface area (Å²) in [6, 6.07) is 3.98. The van der Waals surface area contributed by atoms with Crippen LogP contribution in [0.5, 0.6) is 0 Å². The zero-order valence-electron chi connectivity index (χ0n) is 12.0. The molecule has 0 spiro atoms. The van der Waals surface area contributed by atoms with E-state index in [-0.39, 0.29) is 0 Å². The third-order valence-electron chi connectivity index (χ3n) is 2.82. The molecule has 0 saturated heterocycles. The molecule has 5 heteroatoms. The number of hydrogen-bond acceptors (Lipinski definition) is 3. The molecule has 0 atom stereocenters. The smallest absolute Gasteiger partial charge is 0.161 e. The van der Waals surface area contributed by atoms with E-state index in [4.69, 9.17) is 16.6 Å². The van der Waals surface area contributed by atoms with Gasteiger partial charge in [0.2, 0.25) is 0 Å². The summed E-state index contributed by atoms with van der Waals surface area (Å²) in [5.41, 5.74) is 3.91. The van der Waals surface area contributed by atoms with E-state index in [1.807, 2.05) is 26.0 Å². The van der Waals surface area contributed by atoms with Gasteiger partial charge in [0.15, 0.2) is 5.82 Å². The molecule has 2 aromatic heterocycles. The molecular formula is C15H17ClIN3. The Hall–Kier alpha value is -0.750. The van der Waals surface area contributed by atoms with Crippen LogP contribution in [0, 0.1) is 23.3 Å². The molecule has 0 saturated carbocycles. The molecule has 3 nitrogen and oxygen atoms in total. The van der Waals surface area contributed by atoms with Gasteiger partial charge in [-0.15, -0.1) is 0 Å². The lowest BCUT2D eigenvalue weighted by atomic mass is 10.1. The van der Waals surface area contributed by atoms with Gasteiger partial charge in [-0.05, 0) is 60.9 Å². The molecule has 2 aromatic rings. The van der Waals surface area contributed by atoms with Gasteiger partial charge in [-0.25, -0.2) is 9.97 Å². The van der Waals surface area contributed by atoms with E-state index in [9.17, 15) is 0 Å². The zero-order valence-corrected chi connectivity index (χ0v) is 15.0. The summed E-state index contributed by atoms with van der Waals surface area (Å²) in [5, 5.41) is 0.526. The molecule has 20 heavy (non-hydrogen) atoms. The molecular weight excluding hydrogens is 385 g/mol. The van der Waals surface area contributed by atoms with Crippen molar-refractivity contribution in [3.05, 3.63) is 37.9 Å². The van der Waals surface area contributed by atoms with Crippen molar-refractivity contribution in [1.82, 2.24) is 15.0 Å². The Morgan fingerprint density at radius 1 is 1.10 bits per heavy atom. The van der Waals surface area contributed by atoms with Gasteiger partial charge in [-0.2, -0.15) is 0 Å². The molecule has 0 aliphatic rings. The van der Waals surface area contributed by atoms with Gasteiger partial charge in [0, 0.05) is 17.0 Å². The zero-order chi connectivity index (χ0) is 14.9. The fourth-order valence-corrected chi connectivity index (χ4v) is 2.73. The topological polar surface area (TPSA) is 38.7 Å². The van der Waals surface area contributed by atoms with Crippen LogP contribution in [0.4, 0.5) is 0 Å². The summed E-state index contributed by atoms with van der Waals surface area (Å²) in [6.45, 7) is 8.29. The number of aryl methyl sites for hydroxylation is 2. The summed E-state index contributed by atoms with van der Waals surface area (Å²) < 4.78 is 0.948. The molecule has 0 aliphatic carbocycles. The summed E-state index contributed by atoms with van der Waals surface area (Å²) in [4.78, 5) is 13.5. The average Bonchev–Trinajstić information content (AvgIpc) is 2.32. The molecule has 2 heterocycles. The van der Waals surface area contributed by atoms with Gasteiger partial charge in [0.05, 0.1) is 9.26 Å². The average molecular weight is 402 g/mol. The standard InChI is InChI=1S/C15H17ClIN3/c1-8(2)5-12-13(17)14(16)20-15(19-12)11-6-9(3)18-10(4)7-11/h6-8H,5H2,1-4H3. The fraction of sp³-hybridized carbons (Fsp3) is 0.400. The van der Waals surface area contributed by atoms with Crippen LogP contribution in [0.1, 0.15) is 30.9 Å². The van der Waals surface area contributed by atoms with Gasteiger partial charge in [-0.1, -0.05) is 25.4 Å². The maximum Gasteiger partial charge on any atom is 0.161 e. The Morgan fingerprint density at radius 3 is 2.25 bits per heavy atom. The molecule has 0 bridgehead atoms. The van der Waals surface area contributed by atoms with Crippen molar-refractivity contribution in [3.63, 3.8) is 0 Å². The van der Waals surface area contributed by atoms with Crippen molar-refractivity contribution in [3.8, 4) is 11.4 Å². The summed E-state index contributed by atoms with van der Waals surface area (Å²) >= 11 is 8.48. The van der Waals surface area contributed by atoms with Gasteiger partial charge in [0.1, 0.15) is 5.15 Å². The Bertz CT molecular complexity index is 621. The monoisotopic (exact) mass is 401 g/mol. The number of rotatable bonds is 3. The van der Waals surface area contributed by atoms with Crippen LogP contribution in [0.2, 0.25) is 5.15 Å². The highest BCUT2D eigenvalue weighted by Crippen LogP contribution is 2.26. The number of pyridine rings is 1. The first-order valence-electron chi connectivity index (χ1n) is 6.54.